The SMILES string of the molecule is CCNc1ncc2c(-c3ccc4nnn(CC)c4c3)c[nH]c2n1. The molecular weight excluding hydrogens is 290 g/mol. The first-order chi connectivity index (χ1) is 11.3. The smallest absolute Gasteiger partial charge is 0.224 e. The monoisotopic (exact) mass is 307 g/mol. The molecule has 0 aliphatic heterocycles. The molecule has 1 aromatic carbocycles. The molecule has 7 nitrogen and oxygen atoms in total. The highest BCUT2D eigenvalue weighted by Crippen LogP contribution is 2.29. The Morgan fingerprint density at radius 1 is 1.26 bits per heavy atom. The van der Waals surface area contributed by atoms with Crippen molar-refractivity contribution >= 4 is 28.0 Å². The number of aromatic amines is 1. The van der Waals surface area contributed by atoms with E-state index in [1.165, 1.54) is 0 Å². The van der Waals surface area contributed by atoms with Gasteiger partial charge in [0, 0.05) is 36.4 Å². The maximum atomic E-state index is 4.49. The van der Waals surface area contributed by atoms with Gasteiger partial charge in [0.2, 0.25) is 5.95 Å². The van der Waals surface area contributed by atoms with Crippen LogP contribution in [0.1, 0.15) is 13.8 Å². The van der Waals surface area contributed by atoms with E-state index in [0.29, 0.717) is 5.95 Å². The second-order valence-corrected chi connectivity index (χ2v) is 5.30. The molecule has 0 amide bonds. The lowest BCUT2D eigenvalue weighted by Crippen LogP contribution is -2.01. The van der Waals surface area contributed by atoms with Crippen molar-refractivity contribution in [2.24, 2.45) is 0 Å². The molecule has 0 aliphatic rings. The van der Waals surface area contributed by atoms with E-state index >= 15 is 0 Å². The van der Waals surface area contributed by atoms with Crippen LogP contribution in [0.5, 0.6) is 0 Å². The highest BCUT2D eigenvalue weighted by molar-refractivity contribution is 5.95. The summed E-state index contributed by atoms with van der Waals surface area (Å²) in [5, 5.41) is 12.5. The van der Waals surface area contributed by atoms with Crippen molar-refractivity contribution in [1.29, 1.82) is 0 Å². The third-order valence-corrected chi connectivity index (χ3v) is 3.89. The van der Waals surface area contributed by atoms with Crippen molar-refractivity contribution in [2.45, 2.75) is 20.4 Å². The number of rotatable bonds is 4. The minimum atomic E-state index is 0.636. The molecule has 0 unspecified atom stereocenters. The van der Waals surface area contributed by atoms with Gasteiger partial charge in [-0.1, -0.05) is 11.3 Å². The second kappa shape index (κ2) is 5.35. The third-order valence-electron chi connectivity index (χ3n) is 3.89. The average molecular weight is 307 g/mol. The third kappa shape index (κ3) is 2.21. The van der Waals surface area contributed by atoms with E-state index in [2.05, 4.69) is 49.6 Å². The molecule has 0 saturated heterocycles. The van der Waals surface area contributed by atoms with E-state index in [1.54, 1.807) is 0 Å². The van der Waals surface area contributed by atoms with Gasteiger partial charge < -0.3 is 10.3 Å². The highest BCUT2D eigenvalue weighted by Gasteiger charge is 2.11. The Morgan fingerprint density at radius 3 is 3.00 bits per heavy atom. The number of nitrogens with zero attached hydrogens (tertiary/aromatic N) is 5. The van der Waals surface area contributed by atoms with Gasteiger partial charge in [0.1, 0.15) is 11.2 Å². The predicted octanol–water partition coefficient (Wildman–Crippen LogP) is 2.82. The number of hydrogen-bond acceptors (Lipinski definition) is 5. The number of benzene rings is 1. The zero-order valence-corrected chi connectivity index (χ0v) is 13.0. The number of anilines is 1. The summed E-state index contributed by atoms with van der Waals surface area (Å²) in [4.78, 5) is 12.1. The van der Waals surface area contributed by atoms with Crippen molar-refractivity contribution in [3.05, 3.63) is 30.6 Å². The van der Waals surface area contributed by atoms with Gasteiger partial charge in [-0.2, -0.15) is 4.98 Å². The molecule has 0 saturated carbocycles. The van der Waals surface area contributed by atoms with Crippen LogP contribution in [0.4, 0.5) is 5.95 Å². The maximum absolute atomic E-state index is 4.49. The molecule has 23 heavy (non-hydrogen) atoms. The molecular formula is C16H17N7. The van der Waals surface area contributed by atoms with Crippen LogP contribution < -0.4 is 5.32 Å². The summed E-state index contributed by atoms with van der Waals surface area (Å²) in [5.41, 5.74) is 4.94. The van der Waals surface area contributed by atoms with Gasteiger partial charge in [0.15, 0.2) is 0 Å². The lowest BCUT2D eigenvalue weighted by molar-refractivity contribution is 0.646. The first-order valence-corrected chi connectivity index (χ1v) is 7.71. The molecule has 2 N–H and O–H groups in total. The summed E-state index contributed by atoms with van der Waals surface area (Å²) in [5.74, 6) is 0.636. The minimum Gasteiger partial charge on any atom is -0.354 e. The summed E-state index contributed by atoms with van der Waals surface area (Å²) in [7, 11) is 0. The van der Waals surface area contributed by atoms with Crippen LogP contribution in [-0.2, 0) is 6.54 Å². The van der Waals surface area contributed by atoms with Crippen molar-refractivity contribution in [1.82, 2.24) is 29.9 Å². The summed E-state index contributed by atoms with van der Waals surface area (Å²) in [6.07, 6.45) is 3.82. The Morgan fingerprint density at radius 2 is 2.17 bits per heavy atom. The zero-order chi connectivity index (χ0) is 15.8. The van der Waals surface area contributed by atoms with E-state index in [1.807, 2.05) is 30.1 Å². The number of nitrogens with one attached hydrogen (secondary N) is 2. The fraction of sp³-hybridized carbons (Fsp3) is 0.250. The number of aryl methyl sites for hydroxylation is 1. The summed E-state index contributed by atoms with van der Waals surface area (Å²) >= 11 is 0. The quantitative estimate of drug-likeness (QED) is 0.605. The first kappa shape index (κ1) is 13.7. The van der Waals surface area contributed by atoms with Gasteiger partial charge in [0.05, 0.1) is 5.52 Å². The molecule has 4 aromatic rings. The normalized spacial score (nSPS) is 11.4. The minimum absolute atomic E-state index is 0.636. The van der Waals surface area contributed by atoms with Gasteiger partial charge in [0.25, 0.3) is 0 Å². The van der Waals surface area contributed by atoms with Crippen molar-refractivity contribution < 1.29 is 0 Å². The largest absolute Gasteiger partial charge is 0.354 e. The van der Waals surface area contributed by atoms with Crippen molar-refractivity contribution in [3.63, 3.8) is 0 Å². The average Bonchev–Trinajstić information content (AvgIpc) is 3.17. The molecule has 0 aliphatic carbocycles. The standard InChI is InChI=1S/C16H17N7/c1-3-17-16-19-9-12-11(8-18-15(12)20-16)10-5-6-13-14(7-10)23(4-2)22-21-13/h5-9H,3-4H2,1-2H3,(H2,17,18,19,20). The van der Waals surface area contributed by atoms with Gasteiger partial charge >= 0.3 is 0 Å². The molecule has 0 atom stereocenters. The van der Waals surface area contributed by atoms with Crippen LogP contribution in [-0.4, -0.2) is 36.5 Å². The Kier molecular flexibility index (Phi) is 3.18. The molecule has 0 fully saturated rings. The fourth-order valence-corrected chi connectivity index (χ4v) is 2.76. The van der Waals surface area contributed by atoms with E-state index < -0.39 is 0 Å². The summed E-state index contributed by atoms with van der Waals surface area (Å²) in [6, 6.07) is 6.16. The zero-order valence-electron chi connectivity index (χ0n) is 13.0. The first-order valence-electron chi connectivity index (χ1n) is 7.71. The van der Waals surface area contributed by atoms with Gasteiger partial charge in [-0.25, -0.2) is 9.67 Å². The molecule has 3 heterocycles. The van der Waals surface area contributed by atoms with E-state index in [0.717, 1.165) is 46.3 Å². The highest BCUT2D eigenvalue weighted by atomic mass is 15.4. The molecule has 0 radical (unpaired) electrons. The van der Waals surface area contributed by atoms with E-state index in [9.17, 15) is 0 Å². The Hall–Kier alpha value is -2.96. The van der Waals surface area contributed by atoms with Crippen LogP contribution in [0.15, 0.2) is 30.6 Å². The topological polar surface area (TPSA) is 84.3 Å². The van der Waals surface area contributed by atoms with Crippen LogP contribution >= 0.6 is 0 Å². The lowest BCUT2D eigenvalue weighted by atomic mass is 10.1. The fourth-order valence-electron chi connectivity index (χ4n) is 2.76. The van der Waals surface area contributed by atoms with Crippen molar-refractivity contribution in [3.8, 4) is 11.1 Å². The van der Waals surface area contributed by atoms with Crippen molar-refractivity contribution in [2.75, 3.05) is 11.9 Å². The Balaban J connectivity index is 1.85. The Labute approximate surface area is 132 Å². The number of aromatic nitrogens is 6. The molecule has 0 bridgehead atoms. The van der Waals surface area contributed by atoms with E-state index in [4.69, 9.17) is 0 Å². The van der Waals surface area contributed by atoms with Crippen LogP contribution in [0.25, 0.3) is 33.2 Å². The van der Waals surface area contributed by atoms with Gasteiger partial charge in [-0.05, 0) is 31.5 Å². The van der Waals surface area contributed by atoms with Gasteiger partial charge in [-0.15, -0.1) is 5.10 Å². The van der Waals surface area contributed by atoms with Crippen LogP contribution in [0.2, 0.25) is 0 Å². The number of H-pyrrole nitrogens is 1. The number of hydrogen-bond donors (Lipinski definition) is 2. The molecule has 3 aromatic heterocycles. The second-order valence-electron chi connectivity index (χ2n) is 5.30. The molecule has 0 spiro atoms. The van der Waals surface area contributed by atoms with Crippen LogP contribution in [0.3, 0.4) is 0 Å². The maximum Gasteiger partial charge on any atom is 0.224 e. The molecule has 7 heteroatoms. The van der Waals surface area contributed by atoms with Crippen LogP contribution in [0, 0.1) is 0 Å². The summed E-state index contributed by atoms with van der Waals surface area (Å²) in [6.45, 7) is 5.67. The van der Waals surface area contributed by atoms with Gasteiger partial charge in [-0.3, -0.25) is 0 Å². The van der Waals surface area contributed by atoms with E-state index in [-0.39, 0.29) is 0 Å². The number of fused-ring (bicyclic) bond motifs is 2. The lowest BCUT2D eigenvalue weighted by Gasteiger charge is -2.03. The predicted molar refractivity (Wildman–Crippen MR) is 90.2 cm³/mol. The molecule has 116 valence electrons. The summed E-state index contributed by atoms with van der Waals surface area (Å²) < 4.78 is 1.90. The molecule has 4 rings (SSSR count). The Bertz CT molecular complexity index is 983.